The minimum absolute atomic E-state index is 0.198. The quantitative estimate of drug-likeness (QED) is 0.734. The van der Waals surface area contributed by atoms with Crippen molar-refractivity contribution in [1.82, 2.24) is 4.90 Å². The van der Waals surface area contributed by atoms with Crippen LogP contribution in [0.5, 0.6) is 0 Å². The van der Waals surface area contributed by atoms with E-state index in [0.29, 0.717) is 24.0 Å². The lowest BCUT2D eigenvalue weighted by molar-refractivity contribution is -0.129. The van der Waals surface area contributed by atoms with E-state index in [4.69, 9.17) is 4.74 Å². The molecule has 3 fully saturated rings. The number of hydrogen-bond donors (Lipinski definition) is 0. The molecule has 2 saturated heterocycles. The standard InChI is InChI=1S/C14H23NO2/c1-9-10(2)15(7-5-13(9)16)12-6-8-17-14(12)11-3-4-11/h9-12,14H,3-8H2,1-2H3. The molecule has 17 heavy (non-hydrogen) atoms. The fourth-order valence-corrected chi connectivity index (χ4v) is 3.52. The molecule has 2 aliphatic heterocycles. The summed E-state index contributed by atoms with van der Waals surface area (Å²) in [5.41, 5.74) is 0. The second-order valence-electron chi connectivity index (χ2n) is 6.01. The Labute approximate surface area is 104 Å². The van der Waals surface area contributed by atoms with Crippen molar-refractivity contribution in [1.29, 1.82) is 0 Å². The van der Waals surface area contributed by atoms with Gasteiger partial charge in [-0.05, 0) is 32.1 Å². The molecule has 3 heteroatoms. The summed E-state index contributed by atoms with van der Waals surface area (Å²) in [5, 5.41) is 0. The van der Waals surface area contributed by atoms with Crippen molar-refractivity contribution >= 4 is 5.78 Å². The SMILES string of the molecule is CC1C(=O)CCN(C2CCOC2C2CC2)C1C. The first kappa shape index (κ1) is 11.7. The van der Waals surface area contributed by atoms with Crippen LogP contribution in [-0.2, 0) is 9.53 Å². The van der Waals surface area contributed by atoms with Gasteiger partial charge in [0, 0.05) is 37.6 Å². The zero-order valence-corrected chi connectivity index (χ0v) is 10.9. The summed E-state index contributed by atoms with van der Waals surface area (Å²) in [6, 6.07) is 0.970. The Morgan fingerprint density at radius 3 is 2.71 bits per heavy atom. The van der Waals surface area contributed by atoms with Crippen LogP contribution in [0.4, 0.5) is 0 Å². The van der Waals surface area contributed by atoms with Crippen molar-refractivity contribution in [2.75, 3.05) is 13.2 Å². The second kappa shape index (κ2) is 4.36. The van der Waals surface area contributed by atoms with E-state index in [1.807, 2.05) is 0 Å². The van der Waals surface area contributed by atoms with Crippen molar-refractivity contribution in [3.8, 4) is 0 Å². The molecule has 0 N–H and O–H groups in total. The lowest BCUT2D eigenvalue weighted by Gasteiger charge is -2.42. The summed E-state index contributed by atoms with van der Waals surface area (Å²) in [4.78, 5) is 14.3. The molecule has 4 unspecified atom stereocenters. The number of likely N-dealkylation sites (tertiary alicyclic amines) is 1. The van der Waals surface area contributed by atoms with Gasteiger partial charge >= 0.3 is 0 Å². The maximum Gasteiger partial charge on any atom is 0.138 e. The van der Waals surface area contributed by atoms with E-state index in [-0.39, 0.29) is 5.92 Å². The summed E-state index contributed by atoms with van der Waals surface area (Å²) < 4.78 is 5.93. The van der Waals surface area contributed by atoms with E-state index < -0.39 is 0 Å². The highest BCUT2D eigenvalue weighted by Gasteiger charge is 2.46. The maximum atomic E-state index is 11.7. The van der Waals surface area contributed by atoms with Crippen molar-refractivity contribution < 1.29 is 9.53 Å². The number of ether oxygens (including phenoxy) is 1. The van der Waals surface area contributed by atoms with Gasteiger partial charge < -0.3 is 4.74 Å². The van der Waals surface area contributed by atoms with Crippen molar-refractivity contribution in [3.63, 3.8) is 0 Å². The number of Topliss-reactive ketones (excluding diaryl/α,β-unsaturated/α-hetero) is 1. The summed E-state index contributed by atoms with van der Waals surface area (Å²) >= 11 is 0. The molecular formula is C14H23NO2. The van der Waals surface area contributed by atoms with Crippen molar-refractivity contribution in [3.05, 3.63) is 0 Å². The van der Waals surface area contributed by atoms with Crippen molar-refractivity contribution in [2.45, 2.75) is 57.7 Å². The fourth-order valence-electron chi connectivity index (χ4n) is 3.52. The van der Waals surface area contributed by atoms with Crippen molar-refractivity contribution in [2.24, 2.45) is 11.8 Å². The van der Waals surface area contributed by atoms with Crippen LogP contribution in [0.1, 0.15) is 39.5 Å². The average molecular weight is 237 g/mol. The van der Waals surface area contributed by atoms with E-state index in [1.54, 1.807) is 0 Å². The molecule has 0 aromatic carbocycles. The Morgan fingerprint density at radius 2 is 2.00 bits per heavy atom. The van der Waals surface area contributed by atoms with Gasteiger partial charge in [-0.25, -0.2) is 0 Å². The van der Waals surface area contributed by atoms with Crippen LogP contribution in [0.3, 0.4) is 0 Å². The number of piperidine rings is 1. The number of ketones is 1. The van der Waals surface area contributed by atoms with Crippen LogP contribution in [0.15, 0.2) is 0 Å². The van der Waals surface area contributed by atoms with E-state index >= 15 is 0 Å². The molecular weight excluding hydrogens is 214 g/mol. The molecule has 96 valence electrons. The molecule has 3 aliphatic rings. The lowest BCUT2D eigenvalue weighted by atomic mass is 9.88. The monoisotopic (exact) mass is 237 g/mol. The lowest BCUT2D eigenvalue weighted by Crippen LogP contribution is -2.54. The van der Waals surface area contributed by atoms with E-state index in [0.717, 1.165) is 31.9 Å². The maximum absolute atomic E-state index is 11.7. The minimum Gasteiger partial charge on any atom is -0.376 e. The molecule has 0 aromatic heterocycles. The van der Waals surface area contributed by atoms with Gasteiger partial charge in [0.25, 0.3) is 0 Å². The third kappa shape index (κ3) is 2.04. The summed E-state index contributed by atoms with van der Waals surface area (Å²) in [6.45, 7) is 6.16. The van der Waals surface area contributed by atoms with Gasteiger partial charge in [-0.1, -0.05) is 6.92 Å². The van der Waals surface area contributed by atoms with Crippen LogP contribution >= 0.6 is 0 Å². The van der Waals surface area contributed by atoms with Gasteiger partial charge in [-0.3, -0.25) is 9.69 Å². The molecule has 3 rings (SSSR count). The van der Waals surface area contributed by atoms with Crippen LogP contribution in [0.2, 0.25) is 0 Å². The number of carbonyl (C=O) groups excluding carboxylic acids is 1. The molecule has 0 radical (unpaired) electrons. The Balaban J connectivity index is 1.72. The van der Waals surface area contributed by atoms with E-state index in [1.165, 1.54) is 12.8 Å². The average Bonchev–Trinajstić information content (AvgIpc) is 3.06. The van der Waals surface area contributed by atoms with Gasteiger partial charge in [0.15, 0.2) is 0 Å². The van der Waals surface area contributed by atoms with Crippen LogP contribution < -0.4 is 0 Å². The predicted octanol–water partition coefficient (Wildman–Crippen LogP) is 1.85. The molecule has 3 nitrogen and oxygen atoms in total. The molecule has 1 saturated carbocycles. The predicted molar refractivity (Wildman–Crippen MR) is 65.8 cm³/mol. The number of rotatable bonds is 2. The molecule has 0 aromatic rings. The summed E-state index contributed by atoms with van der Waals surface area (Å²) in [5.74, 6) is 1.45. The highest BCUT2D eigenvalue weighted by Crippen LogP contribution is 2.41. The number of hydrogen-bond acceptors (Lipinski definition) is 3. The van der Waals surface area contributed by atoms with Crippen LogP contribution in [-0.4, -0.2) is 42.0 Å². The number of nitrogens with zero attached hydrogens (tertiary/aromatic N) is 1. The first-order chi connectivity index (χ1) is 8.18. The topological polar surface area (TPSA) is 29.5 Å². The second-order valence-corrected chi connectivity index (χ2v) is 6.01. The Hall–Kier alpha value is -0.410. The Kier molecular flexibility index (Phi) is 2.99. The van der Waals surface area contributed by atoms with E-state index in [2.05, 4.69) is 18.7 Å². The van der Waals surface area contributed by atoms with E-state index in [9.17, 15) is 4.79 Å². The normalized spacial score (nSPS) is 44.2. The molecule has 0 spiro atoms. The first-order valence-corrected chi connectivity index (χ1v) is 7.08. The number of carbonyl (C=O) groups is 1. The third-order valence-electron chi connectivity index (χ3n) is 4.99. The van der Waals surface area contributed by atoms with Crippen LogP contribution in [0.25, 0.3) is 0 Å². The third-order valence-corrected chi connectivity index (χ3v) is 4.99. The highest BCUT2D eigenvalue weighted by molar-refractivity contribution is 5.82. The zero-order chi connectivity index (χ0) is 12.0. The Bertz CT molecular complexity index is 313. The first-order valence-electron chi connectivity index (χ1n) is 7.08. The van der Waals surface area contributed by atoms with Gasteiger partial charge in [-0.15, -0.1) is 0 Å². The van der Waals surface area contributed by atoms with Gasteiger partial charge in [-0.2, -0.15) is 0 Å². The van der Waals surface area contributed by atoms with Gasteiger partial charge in [0.1, 0.15) is 5.78 Å². The molecule has 2 heterocycles. The summed E-state index contributed by atoms with van der Waals surface area (Å²) in [6.07, 6.45) is 5.04. The zero-order valence-electron chi connectivity index (χ0n) is 10.9. The Morgan fingerprint density at radius 1 is 1.24 bits per heavy atom. The largest absolute Gasteiger partial charge is 0.376 e. The molecule has 0 amide bonds. The van der Waals surface area contributed by atoms with Gasteiger partial charge in [0.2, 0.25) is 0 Å². The minimum atomic E-state index is 0.198. The van der Waals surface area contributed by atoms with Gasteiger partial charge in [0.05, 0.1) is 6.10 Å². The molecule has 4 atom stereocenters. The molecule has 0 bridgehead atoms. The van der Waals surface area contributed by atoms with Crippen LogP contribution in [0, 0.1) is 11.8 Å². The highest BCUT2D eigenvalue weighted by atomic mass is 16.5. The molecule has 1 aliphatic carbocycles. The summed E-state index contributed by atoms with van der Waals surface area (Å²) in [7, 11) is 0. The smallest absolute Gasteiger partial charge is 0.138 e. The fraction of sp³-hybridized carbons (Fsp3) is 0.929.